The Balaban J connectivity index is 4.78. The first-order chi connectivity index (χ1) is 38.2. The monoisotopic (exact) mass is 1110 g/mol. The van der Waals surface area contributed by atoms with Gasteiger partial charge in [0.15, 0.2) is 6.10 Å². The second kappa shape index (κ2) is 59.5. The van der Waals surface area contributed by atoms with Gasteiger partial charge in [-0.2, -0.15) is 0 Å². The maximum absolute atomic E-state index is 12.9. The van der Waals surface area contributed by atoms with Gasteiger partial charge in [0.05, 0.1) is 19.8 Å². The van der Waals surface area contributed by atoms with Crippen LogP contribution in [0.3, 0.4) is 0 Å². The highest BCUT2D eigenvalue weighted by Crippen LogP contribution is 2.43. The van der Waals surface area contributed by atoms with Crippen LogP contribution in [-0.2, 0) is 42.2 Å². The molecule has 448 valence electrons. The standard InChI is InChI=1S/C66H113O11P/c1-4-7-10-13-16-19-22-25-28-30-31-33-36-39-42-45-48-51-54-57-66(70)77-63(59-73-64(68)55-52-49-46-43-40-37-35-32-29-26-23-20-17-14-11-8-5-2)61-75-78(71,72)74-60-62(58-67)76-65(69)56-53-50-47-44-41-38-34-27-24-21-18-15-12-9-6-3/h7-8,10-11,16-17,19-20,25-26,28-29,31,33,39,42,62-63,67H,4-6,9,12-15,18,21-24,27,30,32,34-38,40-41,43-61H2,1-3H3,(H,71,72)/b10-7-,11-8-,19-16-,20-17-,28-25-,29-26-,33-31-,42-39-. The van der Waals surface area contributed by atoms with Crippen molar-refractivity contribution >= 4 is 25.7 Å². The lowest BCUT2D eigenvalue weighted by Crippen LogP contribution is -2.30. The van der Waals surface area contributed by atoms with E-state index < -0.39 is 57.8 Å². The summed E-state index contributed by atoms with van der Waals surface area (Å²) in [4.78, 5) is 48.7. The Morgan fingerprint density at radius 1 is 0.372 bits per heavy atom. The number of esters is 3. The molecule has 0 aromatic carbocycles. The van der Waals surface area contributed by atoms with Crippen LogP contribution < -0.4 is 0 Å². The average Bonchev–Trinajstić information content (AvgIpc) is 3.43. The number of phosphoric ester groups is 1. The molecule has 0 radical (unpaired) electrons. The van der Waals surface area contributed by atoms with Crippen LogP contribution in [0.15, 0.2) is 97.2 Å². The van der Waals surface area contributed by atoms with E-state index in [-0.39, 0.29) is 25.9 Å². The molecule has 0 saturated carbocycles. The molecule has 0 aromatic heterocycles. The summed E-state index contributed by atoms with van der Waals surface area (Å²) in [5.74, 6) is -1.51. The highest BCUT2D eigenvalue weighted by molar-refractivity contribution is 7.47. The Labute approximate surface area is 476 Å². The molecule has 0 aliphatic heterocycles. The van der Waals surface area contributed by atoms with E-state index in [0.717, 1.165) is 122 Å². The first kappa shape index (κ1) is 74.4. The Morgan fingerprint density at radius 3 is 1.04 bits per heavy atom. The van der Waals surface area contributed by atoms with E-state index in [1.54, 1.807) is 0 Å². The van der Waals surface area contributed by atoms with E-state index >= 15 is 0 Å². The van der Waals surface area contributed by atoms with Gasteiger partial charge in [-0.3, -0.25) is 23.4 Å². The van der Waals surface area contributed by atoms with Gasteiger partial charge in [0.25, 0.3) is 0 Å². The molecule has 0 amide bonds. The molecule has 0 fully saturated rings. The fourth-order valence-corrected chi connectivity index (χ4v) is 9.12. The highest BCUT2D eigenvalue weighted by atomic mass is 31.2. The zero-order chi connectivity index (χ0) is 56.9. The summed E-state index contributed by atoms with van der Waals surface area (Å²) in [6, 6.07) is 0. The molecule has 0 heterocycles. The van der Waals surface area contributed by atoms with E-state index in [2.05, 4.69) is 118 Å². The summed E-state index contributed by atoms with van der Waals surface area (Å²) in [6.45, 7) is 4.40. The van der Waals surface area contributed by atoms with E-state index in [0.29, 0.717) is 19.3 Å². The van der Waals surface area contributed by atoms with E-state index in [4.69, 9.17) is 23.3 Å². The molecule has 12 heteroatoms. The van der Waals surface area contributed by atoms with E-state index in [9.17, 15) is 28.9 Å². The van der Waals surface area contributed by atoms with Crippen molar-refractivity contribution < 1.29 is 52.2 Å². The molecule has 3 atom stereocenters. The van der Waals surface area contributed by atoms with Gasteiger partial charge < -0.3 is 24.2 Å². The summed E-state index contributed by atoms with van der Waals surface area (Å²) in [5.41, 5.74) is 0. The minimum Gasteiger partial charge on any atom is -0.462 e. The molecule has 11 nitrogen and oxygen atoms in total. The summed E-state index contributed by atoms with van der Waals surface area (Å²) < 4.78 is 39.6. The zero-order valence-corrected chi connectivity index (χ0v) is 50.5. The number of unbranched alkanes of at least 4 members (excludes halogenated alkanes) is 24. The molecule has 0 bridgehead atoms. The summed E-state index contributed by atoms with van der Waals surface area (Å²) in [7, 11) is -4.77. The average molecular weight is 1110 g/mol. The normalized spacial score (nSPS) is 14.0. The van der Waals surface area contributed by atoms with Crippen LogP contribution in [-0.4, -0.2) is 66.5 Å². The van der Waals surface area contributed by atoms with Gasteiger partial charge in [-0.05, 0) is 96.3 Å². The van der Waals surface area contributed by atoms with Crippen molar-refractivity contribution in [3.8, 4) is 0 Å². The molecule has 2 N–H and O–H groups in total. The predicted molar refractivity (Wildman–Crippen MR) is 325 cm³/mol. The molecular formula is C66H113O11P. The van der Waals surface area contributed by atoms with Crippen LogP contribution in [0.5, 0.6) is 0 Å². The van der Waals surface area contributed by atoms with Crippen molar-refractivity contribution in [2.45, 2.75) is 277 Å². The van der Waals surface area contributed by atoms with Crippen LogP contribution >= 0.6 is 7.82 Å². The SMILES string of the molecule is CC/C=C\C/C=C\C/C=C\C/C=C\C/C=C\CCCCCC(=O)OC(COC(=O)CCCCCCCCC/C=C\C/C=C\C/C=C\CC)COP(=O)(O)OCC(CO)OC(=O)CCCCCCCCCCCCCCCCC. The zero-order valence-electron chi connectivity index (χ0n) is 49.6. The number of hydrogen-bond acceptors (Lipinski definition) is 10. The molecule has 0 aliphatic rings. The molecule has 0 aliphatic carbocycles. The van der Waals surface area contributed by atoms with Gasteiger partial charge in [-0.15, -0.1) is 0 Å². The smallest absolute Gasteiger partial charge is 0.462 e. The second-order valence-corrected chi connectivity index (χ2v) is 21.9. The van der Waals surface area contributed by atoms with Crippen molar-refractivity contribution in [1.29, 1.82) is 0 Å². The lowest BCUT2D eigenvalue weighted by atomic mass is 10.0. The quantitative estimate of drug-likeness (QED) is 0.0197. The van der Waals surface area contributed by atoms with Crippen LogP contribution in [0, 0.1) is 0 Å². The Kier molecular flexibility index (Phi) is 56.8. The van der Waals surface area contributed by atoms with Crippen molar-refractivity contribution in [3.05, 3.63) is 97.2 Å². The summed E-state index contributed by atoms with van der Waals surface area (Å²) >= 11 is 0. The third kappa shape index (κ3) is 57.1. The topological polar surface area (TPSA) is 155 Å². The first-order valence-electron chi connectivity index (χ1n) is 31.1. The van der Waals surface area contributed by atoms with Crippen LogP contribution in [0.1, 0.15) is 265 Å². The van der Waals surface area contributed by atoms with Crippen molar-refractivity contribution in [1.82, 2.24) is 0 Å². The van der Waals surface area contributed by atoms with Crippen LogP contribution in [0.2, 0.25) is 0 Å². The van der Waals surface area contributed by atoms with Gasteiger partial charge in [0, 0.05) is 19.3 Å². The van der Waals surface area contributed by atoms with E-state index in [1.807, 2.05) is 0 Å². The predicted octanol–water partition coefficient (Wildman–Crippen LogP) is 18.8. The summed E-state index contributed by atoms with van der Waals surface area (Å²) in [5, 5.41) is 9.84. The van der Waals surface area contributed by atoms with Crippen LogP contribution in [0.4, 0.5) is 0 Å². The van der Waals surface area contributed by atoms with Crippen molar-refractivity contribution in [2.24, 2.45) is 0 Å². The number of hydrogen-bond donors (Lipinski definition) is 2. The number of aliphatic hydroxyl groups excluding tert-OH is 1. The van der Waals surface area contributed by atoms with Gasteiger partial charge in [0.1, 0.15) is 12.7 Å². The maximum Gasteiger partial charge on any atom is 0.472 e. The molecular weight excluding hydrogens is 1000 g/mol. The first-order valence-corrected chi connectivity index (χ1v) is 32.6. The molecule has 0 rings (SSSR count). The molecule has 0 aromatic rings. The Bertz CT molecular complexity index is 1680. The third-order valence-corrected chi connectivity index (χ3v) is 14.0. The van der Waals surface area contributed by atoms with Gasteiger partial charge in [-0.25, -0.2) is 4.57 Å². The number of carbonyl (C=O) groups is 3. The fourth-order valence-electron chi connectivity index (χ4n) is 8.34. The Hall–Kier alpha value is -3.60. The van der Waals surface area contributed by atoms with E-state index in [1.165, 1.54) is 83.5 Å². The number of carbonyl (C=O) groups excluding carboxylic acids is 3. The molecule has 78 heavy (non-hydrogen) atoms. The lowest BCUT2D eigenvalue weighted by Gasteiger charge is -2.21. The molecule has 0 spiro atoms. The van der Waals surface area contributed by atoms with Crippen molar-refractivity contribution in [3.63, 3.8) is 0 Å². The molecule has 0 saturated heterocycles. The number of phosphoric acid groups is 1. The number of aliphatic hydroxyl groups is 1. The van der Waals surface area contributed by atoms with Gasteiger partial charge >= 0.3 is 25.7 Å². The molecule has 3 unspecified atom stereocenters. The maximum atomic E-state index is 12.9. The number of allylic oxidation sites excluding steroid dienone is 16. The van der Waals surface area contributed by atoms with Gasteiger partial charge in [0.2, 0.25) is 0 Å². The highest BCUT2D eigenvalue weighted by Gasteiger charge is 2.28. The van der Waals surface area contributed by atoms with Crippen molar-refractivity contribution in [2.75, 3.05) is 26.4 Å². The largest absolute Gasteiger partial charge is 0.472 e. The second-order valence-electron chi connectivity index (χ2n) is 20.5. The van der Waals surface area contributed by atoms with Gasteiger partial charge in [-0.1, -0.05) is 246 Å². The number of ether oxygens (including phenoxy) is 3. The lowest BCUT2D eigenvalue weighted by molar-refractivity contribution is -0.161. The minimum absolute atomic E-state index is 0.123. The van der Waals surface area contributed by atoms with Crippen LogP contribution in [0.25, 0.3) is 0 Å². The third-order valence-electron chi connectivity index (χ3n) is 13.0. The summed E-state index contributed by atoms with van der Waals surface area (Å²) in [6.07, 6.45) is 70.7. The minimum atomic E-state index is -4.77. The Morgan fingerprint density at radius 2 is 0.667 bits per heavy atom. The fraction of sp³-hybridized carbons (Fsp3) is 0.712. The number of rotatable bonds is 57.